The molecule has 0 spiro atoms. The molecule has 1 unspecified atom stereocenters. The van der Waals surface area contributed by atoms with E-state index < -0.39 is 0 Å². The second kappa shape index (κ2) is 9.42. The minimum atomic E-state index is 0.484. The Kier molecular flexibility index (Phi) is 6.10. The van der Waals surface area contributed by atoms with Crippen molar-refractivity contribution >= 4 is 45.1 Å². The molecule has 1 aliphatic carbocycles. The minimum absolute atomic E-state index is 0.484. The van der Waals surface area contributed by atoms with Gasteiger partial charge in [-0.1, -0.05) is 71.6 Å². The molecule has 1 atom stereocenters. The van der Waals surface area contributed by atoms with E-state index in [1.54, 1.807) is 0 Å². The van der Waals surface area contributed by atoms with Crippen LogP contribution in [0, 0.1) is 13.8 Å². The molecule has 2 aliphatic rings. The largest absolute Gasteiger partial charge is 0.338 e. The van der Waals surface area contributed by atoms with Crippen LogP contribution in [0.25, 0.3) is 16.3 Å². The predicted octanol–water partition coefficient (Wildman–Crippen LogP) is 8.31. The summed E-state index contributed by atoms with van der Waals surface area (Å²) in [4.78, 5) is 3.69. The fraction of sp³-hybridized carbons (Fsp3) is 0.219. The molecule has 1 aliphatic heterocycles. The van der Waals surface area contributed by atoms with E-state index in [1.807, 2.05) is 23.1 Å². The van der Waals surface area contributed by atoms with E-state index >= 15 is 0 Å². The van der Waals surface area contributed by atoms with Gasteiger partial charge in [-0.15, -0.1) is 0 Å². The summed E-state index contributed by atoms with van der Waals surface area (Å²) in [5.41, 5.74) is 9.46. The third kappa shape index (κ3) is 4.44. The topological polar surface area (TPSA) is 7.12 Å². The number of anilines is 1. The third-order valence-corrected chi connectivity index (χ3v) is 9.56. The molecule has 2 heterocycles. The first-order valence-electron chi connectivity index (χ1n) is 12.5. The highest BCUT2D eigenvalue weighted by atomic mass is 32.2. The summed E-state index contributed by atoms with van der Waals surface area (Å²) in [5, 5.41) is 2.61. The van der Waals surface area contributed by atoms with Crippen molar-refractivity contribution in [1.29, 1.82) is 0 Å². The number of aromatic nitrogens is 1. The molecule has 4 aromatic rings. The molecule has 2 nitrogen and oxygen atoms in total. The average molecular weight is 508 g/mol. The number of fused-ring (bicyclic) bond motifs is 2. The van der Waals surface area contributed by atoms with Gasteiger partial charge in [0.25, 0.3) is 5.01 Å². The fourth-order valence-corrected chi connectivity index (χ4v) is 7.74. The van der Waals surface area contributed by atoms with Crippen molar-refractivity contribution in [3.8, 4) is 0 Å². The Morgan fingerprint density at radius 2 is 1.69 bits per heavy atom. The van der Waals surface area contributed by atoms with Gasteiger partial charge < -0.3 is 4.90 Å². The smallest absolute Gasteiger partial charge is 0.262 e. The zero-order valence-corrected chi connectivity index (χ0v) is 22.9. The number of thioether (sulfide) groups is 1. The van der Waals surface area contributed by atoms with Gasteiger partial charge in [-0.3, -0.25) is 0 Å². The lowest BCUT2D eigenvalue weighted by atomic mass is 9.81. The molecule has 0 fully saturated rings. The maximum atomic E-state index is 2.44. The van der Waals surface area contributed by atoms with Crippen molar-refractivity contribution in [2.75, 3.05) is 11.9 Å². The van der Waals surface area contributed by atoms with Crippen LogP contribution < -0.4 is 9.47 Å². The Labute approximate surface area is 222 Å². The maximum Gasteiger partial charge on any atom is 0.262 e. The van der Waals surface area contributed by atoms with Crippen LogP contribution in [0.15, 0.2) is 100.0 Å². The van der Waals surface area contributed by atoms with E-state index in [9.17, 15) is 0 Å². The summed E-state index contributed by atoms with van der Waals surface area (Å²) in [6, 6.07) is 24.5. The van der Waals surface area contributed by atoms with Gasteiger partial charge in [-0.2, -0.15) is 4.57 Å². The van der Waals surface area contributed by atoms with E-state index in [-0.39, 0.29) is 0 Å². The van der Waals surface area contributed by atoms with Crippen molar-refractivity contribution in [3.63, 3.8) is 0 Å². The Hall–Kier alpha value is -3.08. The van der Waals surface area contributed by atoms with Crippen molar-refractivity contribution in [2.45, 2.75) is 37.5 Å². The van der Waals surface area contributed by atoms with Gasteiger partial charge in [0, 0.05) is 24.1 Å². The number of hydrogen-bond acceptors (Lipinski definition) is 3. The first kappa shape index (κ1) is 23.3. The molecule has 0 amide bonds. The second-order valence-electron chi connectivity index (χ2n) is 10.0. The molecule has 0 radical (unpaired) electrons. The lowest BCUT2D eigenvalue weighted by Gasteiger charge is -2.24. The number of benzene rings is 3. The minimum Gasteiger partial charge on any atom is -0.338 e. The number of allylic oxidation sites excluding steroid dienone is 4. The van der Waals surface area contributed by atoms with Crippen molar-refractivity contribution in [3.05, 3.63) is 117 Å². The zero-order valence-electron chi connectivity index (χ0n) is 21.3. The van der Waals surface area contributed by atoms with Crippen LogP contribution in [0.1, 0.15) is 40.5 Å². The van der Waals surface area contributed by atoms with Crippen LogP contribution in [0.4, 0.5) is 5.69 Å². The van der Waals surface area contributed by atoms with E-state index in [0.717, 1.165) is 12.8 Å². The fourth-order valence-electron chi connectivity index (χ4n) is 5.29. The number of nitrogens with zero attached hydrogens (tertiary/aromatic N) is 2. The quantitative estimate of drug-likeness (QED) is 0.257. The second-order valence-corrected chi connectivity index (χ2v) is 12.2. The van der Waals surface area contributed by atoms with E-state index in [1.165, 1.54) is 58.7 Å². The molecule has 36 heavy (non-hydrogen) atoms. The third-order valence-electron chi connectivity index (χ3n) is 7.27. The number of hydrogen-bond donors (Lipinski definition) is 0. The molecule has 1 aromatic heterocycles. The summed E-state index contributed by atoms with van der Waals surface area (Å²) in [6.07, 6.45) is 9.39. The lowest BCUT2D eigenvalue weighted by Crippen LogP contribution is -2.29. The molecule has 0 saturated heterocycles. The Bertz CT molecular complexity index is 1560. The first-order chi connectivity index (χ1) is 17.4. The van der Waals surface area contributed by atoms with Crippen LogP contribution in [-0.2, 0) is 7.05 Å². The highest BCUT2D eigenvalue weighted by Gasteiger charge is 2.25. The van der Waals surface area contributed by atoms with Crippen molar-refractivity contribution in [2.24, 2.45) is 7.05 Å². The van der Waals surface area contributed by atoms with E-state index in [2.05, 4.69) is 122 Å². The van der Waals surface area contributed by atoms with Gasteiger partial charge in [0.1, 0.15) is 11.7 Å². The number of rotatable bonds is 3. The van der Waals surface area contributed by atoms with Crippen LogP contribution >= 0.6 is 23.1 Å². The normalized spacial score (nSPS) is 19.8. The summed E-state index contributed by atoms with van der Waals surface area (Å²) in [6.45, 7) is 4.34. The monoisotopic (exact) mass is 507 g/mol. The van der Waals surface area contributed by atoms with Gasteiger partial charge in [-0.25, -0.2) is 0 Å². The number of thiazole rings is 1. The Morgan fingerprint density at radius 3 is 2.53 bits per heavy atom. The molecule has 0 N–H and O–H groups in total. The van der Waals surface area contributed by atoms with E-state index in [0.29, 0.717) is 5.92 Å². The standard InChI is InChI=1S/C32H31N2S2/c1-21-10-12-27-29(14-21)35-31(33(27)3)19-23-16-24(18-26(17-23)25-8-6-5-7-9-25)20-32-34(4)28-13-11-22(2)15-30(28)36-32/h5-16,19-20,26H,17-18H2,1-4H3/q+1. The highest BCUT2D eigenvalue weighted by Crippen LogP contribution is 2.47. The molecule has 6 rings (SSSR count). The van der Waals surface area contributed by atoms with Gasteiger partial charge in [0.15, 0.2) is 0 Å². The molecular formula is C32H31N2S2+. The van der Waals surface area contributed by atoms with Crippen molar-refractivity contribution < 1.29 is 4.57 Å². The van der Waals surface area contributed by atoms with Crippen LogP contribution in [-0.4, -0.2) is 7.05 Å². The molecule has 180 valence electrons. The molecular weight excluding hydrogens is 477 g/mol. The van der Waals surface area contributed by atoms with Gasteiger partial charge in [-0.05, 0) is 84.7 Å². The SMILES string of the molecule is Cc1ccc2c(c1)S/C(=C\C1=CC(=C\c3sc4cc(C)ccc4[n+]3C)/CC(c3ccccc3)C1)N2C. The lowest BCUT2D eigenvalue weighted by molar-refractivity contribution is -0.642. The summed E-state index contributed by atoms with van der Waals surface area (Å²) < 4.78 is 3.69. The molecule has 0 bridgehead atoms. The average Bonchev–Trinajstić information content (AvgIpc) is 3.34. The van der Waals surface area contributed by atoms with Gasteiger partial charge in [0.2, 0.25) is 5.52 Å². The Morgan fingerprint density at radius 1 is 0.917 bits per heavy atom. The van der Waals surface area contributed by atoms with E-state index in [4.69, 9.17) is 0 Å². The maximum absolute atomic E-state index is 2.44. The van der Waals surface area contributed by atoms with Crippen LogP contribution in [0.3, 0.4) is 0 Å². The van der Waals surface area contributed by atoms with Gasteiger partial charge >= 0.3 is 0 Å². The first-order valence-corrected chi connectivity index (χ1v) is 14.2. The summed E-state index contributed by atoms with van der Waals surface area (Å²) in [5.74, 6) is 0.484. The predicted molar refractivity (Wildman–Crippen MR) is 156 cm³/mol. The van der Waals surface area contributed by atoms with Crippen LogP contribution in [0.2, 0.25) is 0 Å². The molecule has 3 aromatic carbocycles. The van der Waals surface area contributed by atoms with Crippen LogP contribution in [0.5, 0.6) is 0 Å². The summed E-state index contributed by atoms with van der Waals surface area (Å²) in [7, 11) is 4.38. The highest BCUT2D eigenvalue weighted by molar-refractivity contribution is 8.03. The Balaban J connectivity index is 1.40. The van der Waals surface area contributed by atoms with Crippen molar-refractivity contribution in [1.82, 2.24) is 0 Å². The zero-order chi connectivity index (χ0) is 24.8. The summed E-state index contributed by atoms with van der Waals surface area (Å²) >= 11 is 3.77. The number of aryl methyl sites for hydroxylation is 3. The van der Waals surface area contributed by atoms with Gasteiger partial charge in [0.05, 0.1) is 10.7 Å². The molecule has 4 heteroatoms. The molecule has 0 saturated carbocycles.